The second-order valence-corrected chi connectivity index (χ2v) is 11.3. The van der Waals surface area contributed by atoms with Crippen molar-refractivity contribution in [3.63, 3.8) is 0 Å². The molecule has 0 aromatic heterocycles. The van der Waals surface area contributed by atoms with Crippen LogP contribution in [-0.4, -0.2) is 43.5 Å². The maximum Gasteiger partial charge on any atom is 0.261 e. The molecule has 1 aliphatic rings. The Morgan fingerprint density at radius 2 is 1.31 bits per heavy atom. The number of anilines is 3. The molecule has 0 radical (unpaired) electrons. The number of sulfonamides is 2. The van der Waals surface area contributed by atoms with E-state index in [1.807, 2.05) is 0 Å². The average Bonchev–Trinajstić information content (AvgIpc) is 3.29. The van der Waals surface area contributed by atoms with Gasteiger partial charge in [0.05, 0.1) is 29.7 Å². The van der Waals surface area contributed by atoms with Crippen molar-refractivity contribution in [2.24, 2.45) is 0 Å². The molecule has 1 amide bonds. The molecule has 1 fully saturated rings. The number of hydrogen-bond acceptors (Lipinski definition) is 7. The van der Waals surface area contributed by atoms with E-state index in [0.29, 0.717) is 42.3 Å². The van der Waals surface area contributed by atoms with Gasteiger partial charge >= 0.3 is 0 Å². The lowest BCUT2D eigenvalue weighted by atomic mass is 10.2. The minimum atomic E-state index is -4.03. The first-order chi connectivity index (χ1) is 17.1. The molecule has 0 unspecified atom stereocenters. The van der Waals surface area contributed by atoms with Crippen molar-refractivity contribution in [3.05, 3.63) is 66.7 Å². The number of nitrogens with one attached hydrogen (secondary N) is 2. The lowest BCUT2D eigenvalue weighted by Crippen LogP contribution is -2.25. The third-order valence-corrected chi connectivity index (χ3v) is 8.36. The van der Waals surface area contributed by atoms with Crippen LogP contribution >= 0.6 is 0 Å². The molecular formula is C24H25N3O7S2. The number of rotatable bonds is 9. The fourth-order valence-electron chi connectivity index (χ4n) is 3.74. The largest absolute Gasteiger partial charge is 0.497 e. The Morgan fingerprint density at radius 3 is 1.83 bits per heavy atom. The van der Waals surface area contributed by atoms with Gasteiger partial charge in [-0.1, -0.05) is 0 Å². The first kappa shape index (κ1) is 25.3. The molecule has 3 aromatic carbocycles. The molecule has 2 N–H and O–H groups in total. The second-order valence-electron chi connectivity index (χ2n) is 7.95. The Labute approximate surface area is 209 Å². The van der Waals surface area contributed by atoms with Crippen molar-refractivity contribution in [1.82, 2.24) is 0 Å². The van der Waals surface area contributed by atoms with E-state index in [1.54, 1.807) is 24.3 Å². The summed E-state index contributed by atoms with van der Waals surface area (Å²) in [6.07, 6.45) is 1.07. The minimum Gasteiger partial charge on any atom is -0.497 e. The third-order valence-electron chi connectivity index (χ3n) is 5.58. The zero-order valence-corrected chi connectivity index (χ0v) is 21.2. The van der Waals surface area contributed by atoms with Crippen LogP contribution < -0.4 is 23.8 Å². The zero-order chi connectivity index (χ0) is 25.9. The molecule has 0 bridgehead atoms. The summed E-state index contributed by atoms with van der Waals surface area (Å²) < 4.78 is 66.7. The molecule has 0 atom stereocenters. The highest BCUT2D eigenvalue weighted by molar-refractivity contribution is 7.93. The lowest BCUT2D eigenvalue weighted by molar-refractivity contribution is -0.117. The van der Waals surface area contributed by atoms with Crippen molar-refractivity contribution in [2.75, 3.05) is 35.1 Å². The van der Waals surface area contributed by atoms with Gasteiger partial charge in [0, 0.05) is 24.3 Å². The average molecular weight is 532 g/mol. The van der Waals surface area contributed by atoms with E-state index in [0.717, 1.165) is 0 Å². The van der Waals surface area contributed by atoms with Gasteiger partial charge < -0.3 is 14.4 Å². The van der Waals surface area contributed by atoms with Gasteiger partial charge in [0.1, 0.15) is 11.5 Å². The zero-order valence-electron chi connectivity index (χ0n) is 19.6. The van der Waals surface area contributed by atoms with E-state index in [4.69, 9.17) is 9.47 Å². The molecule has 1 saturated heterocycles. The van der Waals surface area contributed by atoms with Crippen LogP contribution in [0.5, 0.6) is 11.5 Å². The fourth-order valence-corrected chi connectivity index (χ4v) is 5.88. The van der Waals surface area contributed by atoms with Gasteiger partial charge in [-0.15, -0.1) is 0 Å². The quantitative estimate of drug-likeness (QED) is 0.432. The summed E-state index contributed by atoms with van der Waals surface area (Å²) in [5, 5.41) is 0. The predicted molar refractivity (Wildman–Crippen MR) is 136 cm³/mol. The molecule has 1 aliphatic heterocycles. The number of hydrogen-bond donors (Lipinski definition) is 2. The predicted octanol–water partition coefficient (Wildman–Crippen LogP) is 3.43. The second kappa shape index (κ2) is 10.1. The summed E-state index contributed by atoms with van der Waals surface area (Å²) in [5.41, 5.74) is 0.911. The molecular weight excluding hydrogens is 506 g/mol. The number of methoxy groups -OCH3 is 2. The van der Waals surface area contributed by atoms with Crippen molar-refractivity contribution < 1.29 is 31.1 Å². The Hall–Kier alpha value is -3.77. The van der Waals surface area contributed by atoms with Gasteiger partial charge in [-0.2, -0.15) is 0 Å². The molecule has 0 spiro atoms. The molecule has 36 heavy (non-hydrogen) atoms. The maximum atomic E-state index is 13.0. The minimum absolute atomic E-state index is 0.0412. The third kappa shape index (κ3) is 5.39. The van der Waals surface area contributed by atoms with Gasteiger partial charge in [0.15, 0.2) is 0 Å². The highest BCUT2D eigenvalue weighted by atomic mass is 32.2. The van der Waals surface area contributed by atoms with E-state index >= 15 is 0 Å². The summed E-state index contributed by atoms with van der Waals surface area (Å²) in [4.78, 5) is 13.6. The number of ether oxygens (including phenoxy) is 2. The number of nitrogens with zero attached hydrogens (tertiary/aromatic N) is 1. The normalized spacial score (nSPS) is 13.9. The van der Waals surface area contributed by atoms with Crippen LogP contribution in [-0.2, 0) is 24.8 Å². The molecule has 190 valence electrons. The van der Waals surface area contributed by atoms with Gasteiger partial charge in [0.2, 0.25) is 5.91 Å². The molecule has 12 heteroatoms. The summed E-state index contributed by atoms with van der Waals surface area (Å²) in [7, 11) is -4.96. The smallest absolute Gasteiger partial charge is 0.261 e. The summed E-state index contributed by atoms with van der Waals surface area (Å²) in [5.74, 6) is 0.879. The van der Waals surface area contributed by atoms with Gasteiger partial charge in [-0.3, -0.25) is 14.2 Å². The summed E-state index contributed by atoms with van der Waals surface area (Å²) in [6, 6.07) is 16.0. The van der Waals surface area contributed by atoms with Crippen molar-refractivity contribution in [1.29, 1.82) is 0 Å². The Balaban J connectivity index is 1.52. The molecule has 0 aliphatic carbocycles. The molecule has 0 saturated carbocycles. The Bertz CT molecular complexity index is 1470. The topological polar surface area (TPSA) is 131 Å². The lowest BCUT2D eigenvalue weighted by Gasteiger charge is -2.20. The maximum absolute atomic E-state index is 13.0. The standard InChI is InChI=1S/C24H25N3O7S2/c1-33-19-9-5-17(6-10-19)25-35(29,30)20-11-7-18(8-12-20)26-36(31,32)21-13-14-23(34-2)22(16-21)27-15-3-4-24(27)28/h5-14,16,25-26H,3-4,15H2,1-2H3. The van der Waals surface area contributed by atoms with Crippen LogP contribution in [0.4, 0.5) is 17.1 Å². The number of benzene rings is 3. The highest BCUT2D eigenvalue weighted by Crippen LogP contribution is 2.34. The van der Waals surface area contributed by atoms with E-state index in [2.05, 4.69) is 9.44 Å². The molecule has 4 rings (SSSR count). The summed E-state index contributed by atoms with van der Waals surface area (Å²) in [6.45, 7) is 0.479. The monoisotopic (exact) mass is 531 g/mol. The number of carbonyl (C=O) groups is 1. The number of amides is 1. The van der Waals surface area contributed by atoms with E-state index in [1.165, 1.54) is 61.6 Å². The van der Waals surface area contributed by atoms with Crippen molar-refractivity contribution in [2.45, 2.75) is 22.6 Å². The van der Waals surface area contributed by atoms with Gasteiger partial charge in [-0.25, -0.2) is 16.8 Å². The van der Waals surface area contributed by atoms with Crippen LogP contribution in [0.3, 0.4) is 0 Å². The van der Waals surface area contributed by atoms with Crippen molar-refractivity contribution in [3.8, 4) is 11.5 Å². The van der Waals surface area contributed by atoms with Crippen LogP contribution in [0, 0.1) is 0 Å². The highest BCUT2D eigenvalue weighted by Gasteiger charge is 2.27. The Morgan fingerprint density at radius 1 is 0.750 bits per heavy atom. The number of carbonyl (C=O) groups excluding carboxylic acids is 1. The van der Waals surface area contributed by atoms with E-state index in [-0.39, 0.29) is 21.4 Å². The van der Waals surface area contributed by atoms with Crippen LogP contribution in [0.25, 0.3) is 0 Å². The SMILES string of the molecule is COc1ccc(NS(=O)(=O)c2ccc(NS(=O)(=O)c3ccc(OC)c(N4CCCC4=O)c3)cc2)cc1. The molecule has 10 nitrogen and oxygen atoms in total. The first-order valence-electron chi connectivity index (χ1n) is 10.9. The van der Waals surface area contributed by atoms with E-state index < -0.39 is 20.0 Å². The van der Waals surface area contributed by atoms with Gasteiger partial charge in [0.25, 0.3) is 20.0 Å². The molecule has 1 heterocycles. The Kier molecular flexibility index (Phi) is 7.09. The van der Waals surface area contributed by atoms with Crippen molar-refractivity contribution >= 4 is 43.0 Å². The van der Waals surface area contributed by atoms with E-state index in [9.17, 15) is 21.6 Å². The van der Waals surface area contributed by atoms with Gasteiger partial charge in [-0.05, 0) is 73.2 Å². The first-order valence-corrected chi connectivity index (χ1v) is 13.9. The van der Waals surface area contributed by atoms with Crippen LogP contribution in [0.2, 0.25) is 0 Å². The summed E-state index contributed by atoms with van der Waals surface area (Å²) >= 11 is 0. The fraction of sp³-hybridized carbons (Fsp3) is 0.208. The van der Waals surface area contributed by atoms with Crippen LogP contribution in [0.1, 0.15) is 12.8 Å². The van der Waals surface area contributed by atoms with Crippen LogP contribution in [0.15, 0.2) is 76.5 Å². The molecule has 3 aromatic rings.